The molecule has 1 aromatic rings. The summed E-state index contributed by atoms with van der Waals surface area (Å²) in [4.78, 5) is 5.17. The van der Waals surface area contributed by atoms with E-state index in [4.69, 9.17) is 0 Å². The Morgan fingerprint density at radius 3 is 1.83 bits per heavy atom. The summed E-state index contributed by atoms with van der Waals surface area (Å²) in [5.74, 6) is 0. The van der Waals surface area contributed by atoms with E-state index in [1.807, 2.05) is 0 Å². The first-order valence-electron chi connectivity index (χ1n) is 12.6. The van der Waals surface area contributed by atoms with Crippen LogP contribution in [0.1, 0.15) is 109 Å². The average molecular weight is 399 g/mol. The smallest absolute Gasteiger partial charge is 0.101 e. The molecule has 0 spiro atoms. The molecular weight excluding hydrogens is 352 g/mol. The van der Waals surface area contributed by atoms with Crippen LogP contribution in [0, 0.1) is 0 Å². The van der Waals surface area contributed by atoms with E-state index in [2.05, 4.69) is 66.4 Å². The summed E-state index contributed by atoms with van der Waals surface area (Å²) in [6.45, 7) is 6.83. The average Bonchev–Trinajstić information content (AvgIpc) is 3.12. The van der Waals surface area contributed by atoms with Gasteiger partial charge in [-0.2, -0.15) is 0 Å². The molecular formula is C27H46N2. The Labute approximate surface area is 181 Å². The maximum Gasteiger partial charge on any atom is 0.101 e. The largest absolute Gasteiger partial charge is 0.356 e. The molecule has 2 heteroatoms. The van der Waals surface area contributed by atoms with E-state index >= 15 is 0 Å². The van der Waals surface area contributed by atoms with Crippen molar-refractivity contribution in [2.45, 2.75) is 116 Å². The number of hydrogen-bond acceptors (Lipinski definition) is 2. The summed E-state index contributed by atoms with van der Waals surface area (Å²) in [7, 11) is 0. The molecule has 0 saturated heterocycles. The van der Waals surface area contributed by atoms with E-state index in [0.29, 0.717) is 6.17 Å². The van der Waals surface area contributed by atoms with E-state index < -0.39 is 0 Å². The van der Waals surface area contributed by atoms with Crippen LogP contribution in [-0.4, -0.2) is 22.5 Å². The fourth-order valence-corrected chi connectivity index (χ4v) is 4.43. The second-order valence-corrected chi connectivity index (χ2v) is 8.85. The highest BCUT2D eigenvalue weighted by Gasteiger charge is 2.25. The Bertz CT molecular complexity index is 525. The minimum atomic E-state index is 0.557. The normalized spacial score (nSPS) is 16.1. The van der Waals surface area contributed by atoms with Crippen LogP contribution in [0.4, 0.5) is 0 Å². The van der Waals surface area contributed by atoms with Gasteiger partial charge in [-0.25, -0.2) is 0 Å². The first-order valence-corrected chi connectivity index (χ1v) is 12.6. The highest BCUT2D eigenvalue weighted by molar-refractivity contribution is 5.15. The first kappa shape index (κ1) is 23.8. The van der Waals surface area contributed by atoms with Gasteiger partial charge < -0.3 is 9.80 Å². The van der Waals surface area contributed by atoms with E-state index in [9.17, 15) is 0 Å². The molecule has 0 radical (unpaired) electrons. The summed E-state index contributed by atoms with van der Waals surface area (Å²) in [5, 5.41) is 0. The standard InChI is InChI=1S/C27H46N2/c1-3-5-7-8-9-10-11-12-13-17-21-27-28(22-18-6-4-2)23-24-29(27)25-26-19-15-14-16-20-26/h14-16,19-20,23-24,27H,3-13,17-18,21-22,25H2,1-2H3. The van der Waals surface area contributed by atoms with Gasteiger partial charge in [0.25, 0.3) is 0 Å². The number of rotatable bonds is 17. The third-order valence-corrected chi connectivity index (χ3v) is 6.26. The van der Waals surface area contributed by atoms with Crippen molar-refractivity contribution < 1.29 is 0 Å². The van der Waals surface area contributed by atoms with Crippen LogP contribution in [0.3, 0.4) is 0 Å². The lowest BCUT2D eigenvalue weighted by molar-refractivity contribution is 0.132. The number of hydrogen-bond donors (Lipinski definition) is 0. The van der Waals surface area contributed by atoms with Crippen LogP contribution in [0.15, 0.2) is 42.7 Å². The van der Waals surface area contributed by atoms with Crippen molar-refractivity contribution in [1.82, 2.24) is 9.80 Å². The lowest BCUT2D eigenvalue weighted by Crippen LogP contribution is -2.38. The third kappa shape index (κ3) is 9.74. The van der Waals surface area contributed by atoms with Crippen molar-refractivity contribution in [3.63, 3.8) is 0 Å². The molecule has 1 atom stereocenters. The summed E-state index contributed by atoms with van der Waals surface area (Å²) < 4.78 is 0. The van der Waals surface area contributed by atoms with Gasteiger partial charge in [0, 0.05) is 25.5 Å². The molecule has 1 aliphatic heterocycles. The molecule has 1 unspecified atom stereocenters. The van der Waals surface area contributed by atoms with Crippen LogP contribution in [0.2, 0.25) is 0 Å². The molecule has 1 aliphatic rings. The van der Waals surface area contributed by atoms with E-state index in [1.165, 1.54) is 102 Å². The monoisotopic (exact) mass is 398 g/mol. The zero-order valence-corrected chi connectivity index (χ0v) is 19.3. The highest BCUT2D eigenvalue weighted by Crippen LogP contribution is 2.24. The first-order chi connectivity index (χ1) is 14.3. The third-order valence-electron chi connectivity index (χ3n) is 6.26. The highest BCUT2D eigenvalue weighted by atomic mass is 15.4. The van der Waals surface area contributed by atoms with Gasteiger partial charge in [-0.15, -0.1) is 0 Å². The number of nitrogens with zero attached hydrogens (tertiary/aromatic N) is 2. The minimum absolute atomic E-state index is 0.557. The lowest BCUT2D eigenvalue weighted by atomic mass is 10.0. The molecule has 1 heterocycles. The summed E-state index contributed by atoms with van der Waals surface area (Å²) in [6, 6.07) is 10.9. The molecule has 0 aromatic heterocycles. The predicted octanol–water partition coefficient (Wildman–Crippen LogP) is 8.10. The maximum atomic E-state index is 2.60. The molecule has 0 bridgehead atoms. The summed E-state index contributed by atoms with van der Waals surface area (Å²) in [5.41, 5.74) is 1.42. The van der Waals surface area contributed by atoms with Crippen molar-refractivity contribution in [3.8, 4) is 0 Å². The van der Waals surface area contributed by atoms with Gasteiger partial charge in [-0.05, 0) is 24.8 Å². The van der Waals surface area contributed by atoms with Crippen LogP contribution in [-0.2, 0) is 6.54 Å². The zero-order chi connectivity index (χ0) is 20.6. The van der Waals surface area contributed by atoms with Gasteiger partial charge in [0.05, 0.1) is 0 Å². The topological polar surface area (TPSA) is 6.48 Å². The molecule has 2 nitrogen and oxygen atoms in total. The zero-order valence-electron chi connectivity index (χ0n) is 19.3. The van der Waals surface area contributed by atoms with Gasteiger partial charge >= 0.3 is 0 Å². The molecule has 0 aliphatic carbocycles. The Hall–Kier alpha value is -1.44. The lowest BCUT2D eigenvalue weighted by Gasteiger charge is -2.33. The van der Waals surface area contributed by atoms with Crippen LogP contribution >= 0.6 is 0 Å². The Balaban J connectivity index is 1.69. The Morgan fingerprint density at radius 2 is 1.17 bits per heavy atom. The SMILES string of the molecule is CCCCCCCCCCCCC1N(CCCCC)C=CN1Cc1ccccc1. The van der Waals surface area contributed by atoms with Crippen LogP contribution in [0.5, 0.6) is 0 Å². The second kappa shape index (κ2) is 15.4. The summed E-state index contributed by atoms with van der Waals surface area (Å²) >= 11 is 0. The molecule has 29 heavy (non-hydrogen) atoms. The van der Waals surface area contributed by atoms with Gasteiger partial charge in [-0.3, -0.25) is 0 Å². The van der Waals surface area contributed by atoms with Crippen LogP contribution in [0.25, 0.3) is 0 Å². The van der Waals surface area contributed by atoms with Crippen molar-refractivity contribution in [2.24, 2.45) is 0 Å². The Kier molecular flexibility index (Phi) is 12.7. The van der Waals surface area contributed by atoms with Gasteiger partial charge in [0.15, 0.2) is 0 Å². The molecule has 164 valence electrons. The molecule has 0 saturated carbocycles. The fourth-order valence-electron chi connectivity index (χ4n) is 4.43. The quantitative estimate of drug-likeness (QED) is 0.244. The van der Waals surface area contributed by atoms with E-state index in [0.717, 1.165) is 6.54 Å². The minimum Gasteiger partial charge on any atom is -0.356 e. The molecule has 1 aromatic carbocycles. The van der Waals surface area contributed by atoms with E-state index in [-0.39, 0.29) is 0 Å². The molecule has 2 rings (SSSR count). The molecule has 0 amide bonds. The van der Waals surface area contributed by atoms with Crippen molar-refractivity contribution in [3.05, 3.63) is 48.3 Å². The van der Waals surface area contributed by atoms with Gasteiger partial charge in [0.1, 0.15) is 6.17 Å². The van der Waals surface area contributed by atoms with Gasteiger partial charge in [-0.1, -0.05) is 115 Å². The van der Waals surface area contributed by atoms with E-state index in [1.54, 1.807) is 0 Å². The fraction of sp³-hybridized carbons (Fsp3) is 0.704. The van der Waals surface area contributed by atoms with Crippen molar-refractivity contribution in [2.75, 3.05) is 6.54 Å². The van der Waals surface area contributed by atoms with Crippen molar-refractivity contribution in [1.29, 1.82) is 0 Å². The van der Waals surface area contributed by atoms with Crippen molar-refractivity contribution >= 4 is 0 Å². The second-order valence-electron chi connectivity index (χ2n) is 8.85. The predicted molar refractivity (Wildman–Crippen MR) is 128 cm³/mol. The number of unbranched alkanes of at least 4 members (excludes halogenated alkanes) is 11. The van der Waals surface area contributed by atoms with Crippen LogP contribution < -0.4 is 0 Å². The molecule has 0 N–H and O–H groups in total. The maximum absolute atomic E-state index is 2.60. The number of benzene rings is 1. The summed E-state index contributed by atoms with van der Waals surface area (Å²) in [6.07, 6.45) is 24.6. The Morgan fingerprint density at radius 1 is 0.621 bits per heavy atom. The molecule has 0 fully saturated rings. The van der Waals surface area contributed by atoms with Gasteiger partial charge in [0.2, 0.25) is 0 Å².